The molecule has 0 atom stereocenters. The second kappa shape index (κ2) is 6.26. The number of hydrogen-bond acceptors (Lipinski definition) is 7. The van der Waals surface area contributed by atoms with Gasteiger partial charge in [0, 0.05) is 5.39 Å². The predicted octanol–water partition coefficient (Wildman–Crippen LogP) is 3.19. The van der Waals surface area contributed by atoms with Crippen molar-refractivity contribution in [3.05, 3.63) is 57.9 Å². The van der Waals surface area contributed by atoms with E-state index in [-0.39, 0.29) is 13.6 Å². The van der Waals surface area contributed by atoms with Crippen LogP contribution in [-0.4, -0.2) is 18.7 Å². The molecule has 0 saturated heterocycles. The summed E-state index contributed by atoms with van der Waals surface area (Å²) in [6.07, 6.45) is 2.11. The van der Waals surface area contributed by atoms with E-state index in [1.807, 2.05) is 12.1 Å². The maximum absolute atomic E-state index is 8.25. The van der Waals surface area contributed by atoms with Gasteiger partial charge >= 0.3 is 0 Å². The van der Waals surface area contributed by atoms with E-state index in [0.717, 1.165) is 50.1 Å². The van der Waals surface area contributed by atoms with Crippen LogP contribution < -0.4 is 23.5 Å². The van der Waals surface area contributed by atoms with Crippen LogP contribution in [0.15, 0.2) is 42.6 Å². The summed E-state index contributed by atoms with van der Waals surface area (Å²) in [4.78, 5) is 8.25. The Bertz CT molecular complexity index is 1320. The third kappa shape index (κ3) is 2.66. The minimum Gasteiger partial charge on any atom is -0.454 e. The first-order valence-corrected chi connectivity index (χ1v) is 8.71. The van der Waals surface area contributed by atoms with Crippen LogP contribution in [0, 0.1) is 15.3 Å². The Labute approximate surface area is 163 Å². The van der Waals surface area contributed by atoms with Gasteiger partial charge in [-0.1, -0.05) is 6.07 Å². The maximum Gasteiger partial charge on any atom is 0.231 e. The third-order valence-electron chi connectivity index (χ3n) is 5.03. The molecule has 0 spiro atoms. The lowest BCUT2D eigenvalue weighted by atomic mass is 10.00. The van der Waals surface area contributed by atoms with Gasteiger partial charge in [-0.25, -0.2) is 0 Å². The molecular weight excluding hydrogens is 380 g/mol. The first-order valence-electron chi connectivity index (χ1n) is 8.71. The van der Waals surface area contributed by atoms with E-state index in [4.69, 9.17) is 34.3 Å². The van der Waals surface area contributed by atoms with Gasteiger partial charge in [0.15, 0.2) is 29.2 Å². The van der Waals surface area contributed by atoms with Crippen molar-refractivity contribution in [2.24, 2.45) is 7.05 Å². The Kier molecular flexibility index (Phi) is 3.70. The Morgan fingerprint density at radius 3 is 2.28 bits per heavy atom. The number of benzene rings is 3. The molecule has 29 heavy (non-hydrogen) atoms. The lowest BCUT2D eigenvalue weighted by molar-refractivity contribution is -0.642. The molecule has 0 saturated carbocycles. The van der Waals surface area contributed by atoms with Crippen LogP contribution in [0.5, 0.6) is 23.0 Å². The normalized spacial score (nSPS) is 13.6. The zero-order valence-corrected chi connectivity index (χ0v) is 15.2. The minimum atomic E-state index is -1.75. The number of aryl methyl sites for hydroxylation is 1. The van der Waals surface area contributed by atoms with Crippen LogP contribution in [0.3, 0.4) is 0 Å². The fraction of sp³-hybridized carbons (Fsp3) is 0.150. The Morgan fingerprint density at radius 1 is 0.828 bits per heavy atom. The molecule has 0 unspecified atom stereocenters. The van der Waals surface area contributed by atoms with Crippen LogP contribution in [-0.2, 0) is 7.05 Å². The molecule has 1 aromatic heterocycles. The molecule has 6 rings (SSSR count). The summed E-state index contributed by atoms with van der Waals surface area (Å²) in [6.45, 7) is 0.555. The standard InChI is InChI=1S/C20H14NO4.NO3/c1-21-8-15-12(4-5-16-20(15)25-10-22-16)13-3-2-11-6-17-18(24-9-23-17)7-14(11)19(13)21;2-1(3)4/h2-8H,9-10H2,1H3;/q+1;-1. The van der Waals surface area contributed by atoms with E-state index < -0.39 is 5.09 Å². The van der Waals surface area contributed by atoms with Crippen LogP contribution in [0.4, 0.5) is 0 Å². The fourth-order valence-corrected chi connectivity index (χ4v) is 3.91. The number of aromatic nitrogens is 1. The smallest absolute Gasteiger partial charge is 0.231 e. The lowest BCUT2D eigenvalue weighted by Crippen LogP contribution is -2.28. The molecular formula is C20H14N2O7. The van der Waals surface area contributed by atoms with Gasteiger partial charge in [0.1, 0.15) is 7.05 Å². The molecule has 0 amide bonds. The van der Waals surface area contributed by atoms with Gasteiger partial charge in [0.2, 0.25) is 19.1 Å². The van der Waals surface area contributed by atoms with Crippen molar-refractivity contribution >= 4 is 32.4 Å². The molecule has 3 heterocycles. The highest BCUT2D eigenvalue weighted by Gasteiger charge is 2.24. The summed E-state index contributed by atoms with van der Waals surface area (Å²) in [5.74, 6) is 3.22. The molecule has 9 nitrogen and oxygen atoms in total. The van der Waals surface area contributed by atoms with Crippen LogP contribution in [0.25, 0.3) is 32.4 Å². The highest BCUT2D eigenvalue weighted by molar-refractivity contribution is 6.15. The van der Waals surface area contributed by atoms with Gasteiger partial charge < -0.3 is 34.3 Å². The number of fused-ring (bicyclic) bond motifs is 8. The number of pyridine rings is 1. The van der Waals surface area contributed by atoms with Crippen molar-refractivity contribution in [1.29, 1.82) is 0 Å². The van der Waals surface area contributed by atoms with Gasteiger partial charge in [-0.15, -0.1) is 0 Å². The predicted molar refractivity (Wildman–Crippen MR) is 103 cm³/mol. The SMILES string of the molecule is C[n+]1cc2c3c(ccc2c2ccc4cc5c(cc4c21)OCO5)OCO3.O=[N+]([O-])[O-]. The van der Waals surface area contributed by atoms with Crippen molar-refractivity contribution in [2.75, 3.05) is 13.6 Å². The maximum atomic E-state index is 8.25. The van der Waals surface area contributed by atoms with Gasteiger partial charge in [-0.2, -0.15) is 4.57 Å². The lowest BCUT2D eigenvalue weighted by Gasteiger charge is -2.08. The third-order valence-corrected chi connectivity index (χ3v) is 5.03. The average Bonchev–Trinajstić information content (AvgIpc) is 3.34. The largest absolute Gasteiger partial charge is 0.454 e. The Morgan fingerprint density at radius 2 is 1.48 bits per heavy atom. The van der Waals surface area contributed by atoms with E-state index in [9.17, 15) is 0 Å². The highest BCUT2D eigenvalue weighted by atomic mass is 16.9. The summed E-state index contributed by atoms with van der Waals surface area (Å²) in [5.41, 5.74) is 1.15. The van der Waals surface area contributed by atoms with Gasteiger partial charge in [0.25, 0.3) is 0 Å². The molecule has 0 aliphatic carbocycles. The average molecular weight is 394 g/mol. The monoisotopic (exact) mass is 394 g/mol. The molecule has 2 aliphatic heterocycles. The van der Waals surface area contributed by atoms with E-state index in [0.29, 0.717) is 0 Å². The van der Waals surface area contributed by atoms with Crippen molar-refractivity contribution in [3.63, 3.8) is 0 Å². The number of nitrogens with zero attached hydrogens (tertiary/aromatic N) is 2. The van der Waals surface area contributed by atoms with Crippen molar-refractivity contribution in [2.45, 2.75) is 0 Å². The van der Waals surface area contributed by atoms with E-state index in [1.165, 1.54) is 5.39 Å². The number of rotatable bonds is 0. The summed E-state index contributed by atoms with van der Waals surface area (Å²) in [7, 11) is 2.06. The highest BCUT2D eigenvalue weighted by Crippen LogP contribution is 2.42. The van der Waals surface area contributed by atoms with Gasteiger partial charge in [-0.05, 0) is 35.7 Å². The molecule has 0 fully saturated rings. The number of ether oxygens (including phenoxy) is 4. The summed E-state index contributed by atoms with van der Waals surface area (Å²) in [6, 6.07) is 12.5. The zero-order valence-electron chi connectivity index (χ0n) is 15.2. The second-order valence-corrected chi connectivity index (χ2v) is 6.61. The van der Waals surface area contributed by atoms with Crippen molar-refractivity contribution in [3.8, 4) is 23.0 Å². The second-order valence-electron chi connectivity index (χ2n) is 6.61. The molecule has 2 aliphatic rings. The Hall–Kier alpha value is -4.01. The molecule has 0 N–H and O–H groups in total. The summed E-state index contributed by atoms with van der Waals surface area (Å²) < 4.78 is 24.4. The first-order chi connectivity index (χ1) is 14.0. The molecule has 0 bridgehead atoms. The van der Waals surface area contributed by atoms with Crippen molar-refractivity contribution < 1.29 is 28.6 Å². The van der Waals surface area contributed by atoms with Gasteiger partial charge in [-0.3, -0.25) is 0 Å². The van der Waals surface area contributed by atoms with E-state index in [1.54, 1.807) is 0 Å². The Balaban J connectivity index is 0.000000419. The molecule has 146 valence electrons. The quantitative estimate of drug-likeness (QED) is 0.195. The van der Waals surface area contributed by atoms with E-state index >= 15 is 0 Å². The van der Waals surface area contributed by atoms with Crippen LogP contribution in [0.2, 0.25) is 0 Å². The van der Waals surface area contributed by atoms with Gasteiger partial charge in [0.05, 0.1) is 21.2 Å². The molecule has 0 radical (unpaired) electrons. The summed E-state index contributed by atoms with van der Waals surface area (Å²) >= 11 is 0. The van der Waals surface area contributed by atoms with Crippen molar-refractivity contribution in [1.82, 2.24) is 0 Å². The number of hydrogen-bond donors (Lipinski definition) is 0. The minimum absolute atomic E-state index is 0.275. The summed E-state index contributed by atoms with van der Waals surface area (Å²) in [5, 5.41) is 20.4. The molecule has 9 heteroatoms. The van der Waals surface area contributed by atoms with Crippen LogP contribution >= 0.6 is 0 Å². The first kappa shape index (κ1) is 17.1. The fourth-order valence-electron chi connectivity index (χ4n) is 3.91. The van der Waals surface area contributed by atoms with E-state index in [2.05, 4.69) is 42.1 Å². The zero-order chi connectivity index (χ0) is 20.1. The molecule has 3 aromatic carbocycles. The topological polar surface area (TPSA) is 107 Å². The van der Waals surface area contributed by atoms with Crippen LogP contribution in [0.1, 0.15) is 0 Å². The molecule has 4 aromatic rings.